The van der Waals surface area contributed by atoms with E-state index in [1.807, 2.05) is 30.3 Å². The minimum Gasteiger partial charge on any atom is -0.394 e. The molecular formula is C14H19N3O3S. The maximum absolute atomic E-state index is 12.4. The summed E-state index contributed by atoms with van der Waals surface area (Å²) in [7, 11) is -1.98. The summed E-state index contributed by atoms with van der Waals surface area (Å²) in [6, 6.07) is 9.74. The van der Waals surface area contributed by atoms with Crippen molar-refractivity contribution >= 4 is 10.0 Å². The molecule has 0 bridgehead atoms. The first-order valence-electron chi connectivity index (χ1n) is 6.67. The molecule has 0 unspecified atom stereocenters. The van der Waals surface area contributed by atoms with Crippen molar-refractivity contribution in [2.75, 3.05) is 20.2 Å². The van der Waals surface area contributed by atoms with E-state index in [-0.39, 0.29) is 18.0 Å². The van der Waals surface area contributed by atoms with Crippen LogP contribution in [-0.2, 0) is 23.0 Å². The van der Waals surface area contributed by atoms with Crippen molar-refractivity contribution in [3.8, 4) is 0 Å². The number of nitrogens with zero attached hydrogens (tertiary/aromatic N) is 3. The molecule has 1 heterocycles. The molecule has 21 heavy (non-hydrogen) atoms. The van der Waals surface area contributed by atoms with Gasteiger partial charge in [0.25, 0.3) is 0 Å². The van der Waals surface area contributed by atoms with Gasteiger partial charge in [0.2, 0.25) is 10.0 Å². The van der Waals surface area contributed by atoms with E-state index in [2.05, 4.69) is 5.10 Å². The van der Waals surface area contributed by atoms with Gasteiger partial charge in [0.15, 0.2) is 0 Å². The molecule has 6 nitrogen and oxygen atoms in total. The second-order valence-electron chi connectivity index (χ2n) is 4.72. The first kappa shape index (κ1) is 15.7. The molecule has 114 valence electrons. The topological polar surface area (TPSA) is 75.4 Å². The molecule has 0 radical (unpaired) electrons. The summed E-state index contributed by atoms with van der Waals surface area (Å²) < 4.78 is 27.5. The number of aromatic nitrogens is 2. The van der Waals surface area contributed by atoms with Crippen LogP contribution in [0.25, 0.3) is 0 Å². The van der Waals surface area contributed by atoms with E-state index >= 15 is 0 Å². The van der Waals surface area contributed by atoms with Gasteiger partial charge < -0.3 is 5.11 Å². The highest BCUT2D eigenvalue weighted by atomic mass is 32.2. The van der Waals surface area contributed by atoms with Gasteiger partial charge in [-0.3, -0.25) is 4.68 Å². The van der Waals surface area contributed by atoms with Crippen LogP contribution in [0.3, 0.4) is 0 Å². The Labute approximate surface area is 124 Å². The smallest absolute Gasteiger partial charge is 0.245 e. The maximum atomic E-state index is 12.4. The lowest BCUT2D eigenvalue weighted by Gasteiger charge is -2.15. The fraction of sp³-hybridized carbons (Fsp3) is 0.357. The Bertz CT molecular complexity index is 668. The fourth-order valence-electron chi connectivity index (χ4n) is 1.93. The van der Waals surface area contributed by atoms with E-state index in [4.69, 9.17) is 5.11 Å². The number of aliphatic hydroxyl groups is 1. The van der Waals surface area contributed by atoms with Crippen molar-refractivity contribution in [1.82, 2.24) is 14.1 Å². The number of sulfonamides is 1. The molecule has 0 saturated carbocycles. The zero-order chi connectivity index (χ0) is 15.3. The number of hydrogen-bond donors (Lipinski definition) is 1. The van der Waals surface area contributed by atoms with E-state index in [0.717, 1.165) is 5.56 Å². The summed E-state index contributed by atoms with van der Waals surface area (Å²) in [5.41, 5.74) is 1.09. The highest BCUT2D eigenvalue weighted by molar-refractivity contribution is 7.89. The van der Waals surface area contributed by atoms with Crippen LogP contribution < -0.4 is 0 Å². The molecular weight excluding hydrogens is 290 g/mol. The summed E-state index contributed by atoms with van der Waals surface area (Å²) >= 11 is 0. The first-order chi connectivity index (χ1) is 10.0. The molecule has 0 atom stereocenters. The second-order valence-corrected chi connectivity index (χ2v) is 6.77. The summed E-state index contributed by atoms with van der Waals surface area (Å²) in [5.74, 6) is 0. The predicted octanol–water partition coefficient (Wildman–Crippen LogP) is 0.739. The predicted molar refractivity (Wildman–Crippen MR) is 79.3 cm³/mol. The van der Waals surface area contributed by atoms with Gasteiger partial charge in [-0.2, -0.15) is 5.10 Å². The summed E-state index contributed by atoms with van der Waals surface area (Å²) in [6.07, 6.45) is 3.40. The molecule has 0 aliphatic carbocycles. The molecule has 7 heteroatoms. The Morgan fingerprint density at radius 2 is 2.00 bits per heavy atom. The summed E-state index contributed by atoms with van der Waals surface area (Å²) in [4.78, 5) is 0.145. The quantitative estimate of drug-likeness (QED) is 0.818. The first-order valence-corrected chi connectivity index (χ1v) is 8.11. The Morgan fingerprint density at radius 3 is 2.67 bits per heavy atom. The Morgan fingerprint density at radius 1 is 1.29 bits per heavy atom. The van der Waals surface area contributed by atoms with Gasteiger partial charge in [0.05, 0.1) is 19.3 Å². The van der Waals surface area contributed by atoms with Gasteiger partial charge in [0, 0.05) is 19.8 Å². The van der Waals surface area contributed by atoms with Gasteiger partial charge in [-0.05, 0) is 12.0 Å². The van der Waals surface area contributed by atoms with Crippen LogP contribution in [0.4, 0.5) is 0 Å². The average molecular weight is 309 g/mol. The summed E-state index contributed by atoms with van der Waals surface area (Å²) in [6.45, 7) is 0.603. The van der Waals surface area contributed by atoms with Crippen LogP contribution in [0, 0.1) is 0 Å². The zero-order valence-corrected chi connectivity index (χ0v) is 12.7. The lowest BCUT2D eigenvalue weighted by Crippen LogP contribution is -2.28. The van der Waals surface area contributed by atoms with Crippen molar-refractivity contribution < 1.29 is 13.5 Å². The molecule has 0 aliphatic rings. The van der Waals surface area contributed by atoms with Crippen molar-refractivity contribution in [2.45, 2.75) is 17.9 Å². The largest absolute Gasteiger partial charge is 0.394 e. The van der Waals surface area contributed by atoms with Crippen molar-refractivity contribution in [1.29, 1.82) is 0 Å². The third-order valence-electron chi connectivity index (χ3n) is 3.21. The number of aliphatic hydroxyl groups excluding tert-OH is 1. The van der Waals surface area contributed by atoms with E-state index in [1.54, 1.807) is 7.05 Å². The number of benzene rings is 1. The third-order valence-corrected chi connectivity index (χ3v) is 5.01. The van der Waals surface area contributed by atoms with Gasteiger partial charge in [-0.25, -0.2) is 12.7 Å². The van der Waals surface area contributed by atoms with Crippen LogP contribution in [-0.4, -0.2) is 47.8 Å². The SMILES string of the molecule is CN(CCc1ccccc1)S(=O)(=O)c1cnn(CCO)c1. The molecule has 0 aliphatic heterocycles. The van der Waals surface area contributed by atoms with Gasteiger partial charge in [-0.1, -0.05) is 30.3 Å². The van der Waals surface area contributed by atoms with E-state index < -0.39 is 10.0 Å². The minimum absolute atomic E-state index is 0.0784. The van der Waals surface area contributed by atoms with Crippen LogP contribution in [0.2, 0.25) is 0 Å². The molecule has 1 N–H and O–H groups in total. The normalized spacial score (nSPS) is 12.0. The molecule has 0 amide bonds. The number of hydrogen-bond acceptors (Lipinski definition) is 4. The number of likely N-dealkylation sites (N-methyl/N-ethyl adjacent to an activating group) is 1. The lowest BCUT2D eigenvalue weighted by molar-refractivity contribution is 0.269. The third kappa shape index (κ3) is 3.90. The standard InChI is InChI=1S/C14H19N3O3S/c1-16(8-7-13-5-3-2-4-6-13)21(19,20)14-11-15-17(12-14)9-10-18/h2-6,11-12,18H,7-10H2,1H3. The van der Waals surface area contributed by atoms with Crippen LogP contribution >= 0.6 is 0 Å². The lowest BCUT2D eigenvalue weighted by atomic mass is 10.2. The van der Waals surface area contributed by atoms with Crippen molar-refractivity contribution in [2.24, 2.45) is 0 Å². The Hall–Kier alpha value is -1.70. The molecule has 2 rings (SSSR count). The highest BCUT2D eigenvalue weighted by Crippen LogP contribution is 2.14. The van der Waals surface area contributed by atoms with Crippen LogP contribution in [0.1, 0.15) is 5.56 Å². The fourth-order valence-corrected chi connectivity index (χ4v) is 3.06. The van der Waals surface area contributed by atoms with Gasteiger partial charge >= 0.3 is 0 Å². The number of rotatable bonds is 7. The molecule has 0 fully saturated rings. The second kappa shape index (κ2) is 6.84. The zero-order valence-electron chi connectivity index (χ0n) is 11.9. The average Bonchev–Trinajstić information content (AvgIpc) is 2.95. The van der Waals surface area contributed by atoms with Gasteiger partial charge in [-0.15, -0.1) is 0 Å². The van der Waals surface area contributed by atoms with Crippen LogP contribution in [0.15, 0.2) is 47.6 Å². The van der Waals surface area contributed by atoms with E-state index in [0.29, 0.717) is 13.0 Å². The minimum atomic E-state index is -3.54. The van der Waals surface area contributed by atoms with Gasteiger partial charge in [0.1, 0.15) is 4.90 Å². The monoisotopic (exact) mass is 309 g/mol. The molecule has 1 aromatic carbocycles. The van der Waals surface area contributed by atoms with Crippen molar-refractivity contribution in [3.63, 3.8) is 0 Å². The highest BCUT2D eigenvalue weighted by Gasteiger charge is 2.22. The molecule has 0 saturated heterocycles. The van der Waals surface area contributed by atoms with Crippen LogP contribution in [0.5, 0.6) is 0 Å². The van der Waals surface area contributed by atoms with Crippen molar-refractivity contribution in [3.05, 3.63) is 48.3 Å². The molecule has 2 aromatic rings. The molecule has 1 aromatic heterocycles. The Kier molecular flexibility index (Phi) is 5.11. The van der Waals surface area contributed by atoms with E-state index in [1.165, 1.54) is 21.4 Å². The maximum Gasteiger partial charge on any atom is 0.245 e. The molecule has 0 spiro atoms. The Balaban J connectivity index is 2.04. The van der Waals surface area contributed by atoms with E-state index in [9.17, 15) is 8.42 Å². The summed E-state index contributed by atoms with van der Waals surface area (Å²) in [5, 5.41) is 12.8.